The van der Waals surface area contributed by atoms with Gasteiger partial charge in [0.05, 0.1) is 20.6 Å². The number of hydrogen-bond donors (Lipinski definition) is 1. The van der Waals surface area contributed by atoms with Crippen LogP contribution in [0.4, 0.5) is 0 Å². The number of nitrogens with one attached hydrogen (secondary N) is 1. The highest BCUT2D eigenvalue weighted by atomic mass is 35.5. The first-order valence-electron chi connectivity index (χ1n) is 9.14. The van der Waals surface area contributed by atoms with Gasteiger partial charge in [-0.25, -0.2) is 0 Å². The zero-order valence-corrected chi connectivity index (χ0v) is 17.1. The van der Waals surface area contributed by atoms with Gasteiger partial charge in [0.1, 0.15) is 0 Å². The molecule has 1 unspecified atom stereocenters. The number of nitrogens with zero attached hydrogens (tertiary/aromatic N) is 1. The number of rotatable bonds is 9. The van der Waals surface area contributed by atoms with Gasteiger partial charge in [-0.05, 0) is 17.9 Å². The average Bonchev–Trinajstić information content (AvgIpc) is 2.62. The van der Waals surface area contributed by atoms with Gasteiger partial charge in [0.15, 0.2) is 12.3 Å². The summed E-state index contributed by atoms with van der Waals surface area (Å²) in [7, 11) is 3.89. The molecule has 0 aliphatic heterocycles. The average molecular weight is 389 g/mol. The lowest BCUT2D eigenvalue weighted by molar-refractivity contribution is -0.849. The lowest BCUT2D eigenvalue weighted by Crippen LogP contribution is -3.07. The number of amides is 1. The quantitative estimate of drug-likeness (QED) is 0.544. The van der Waals surface area contributed by atoms with Crippen molar-refractivity contribution in [1.82, 2.24) is 4.90 Å². The third-order valence-electron chi connectivity index (χ3n) is 4.25. The molecule has 0 heterocycles. The molecule has 0 aliphatic rings. The maximum Gasteiger partial charge on any atom is 0.278 e. The normalized spacial score (nSPS) is 11.6. The fourth-order valence-electron chi connectivity index (χ4n) is 3.01. The maximum absolute atomic E-state index is 12.7. The van der Waals surface area contributed by atoms with E-state index in [4.69, 9.17) is 0 Å². The van der Waals surface area contributed by atoms with E-state index in [-0.39, 0.29) is 36.6 Å². The summed E-state index contributed by atoms with van der Waals surface area (Å²) in [4.78, 5) is 28.0. The Labute approximate surface area is 168 Å². The first kappa shape index (κ1) is 22.9. The van der Waals surface area contributed by atoms with Crippen LogP contribution in [0.1, 0.15) is 22.8 Å². The van der Waals surface area contributed by atoms with Crippen molar-refractivity contribution in [3.8, 4) is 0 Å². The smallest absolute Gasteiger partial charge is 0.278 e. The van der Waals surface area contributed by atoms with Gasteiger partial charge in [0.2, 0.25) is 0 Å². The van der Waals surface area contributed by atoms with Crippen LogP contribution in [0.3, 0.4) is 0 Å². The van der Waals surface area contributed by atoms with E-state index < -0.39 is 0 Å². The Bertz CT molecular complexity index is 705. The highest BCUT2D eigenvalue weighted by Crippen LogP contribution is 2.11. The SMILES string of the molecule is CC(Cc1ccccc1)CN(CC(=O)c1ccccc1)C(=O)C[NH+](C)C.[Cl-]. The van der Waals surface area contributed by atoms with E-state index in [1.165, 1.54) is 5.56 Å². The molecule has 2 rings (SSSR count). The van der Waals surface area contributed by atoms with Crippen LogP contribution >= 0.6 is 0 Å². The van der Waals surface area contributed by atoms with Crippen molar-refractivity contribution in [3.05, 3.63) is 71.8 Å². The summed E-state index contributed by atoms with van der Waals surface area (Å²) in [5, 5.41) is 0. The van der Waals surface area contributed by atoms with E-state index in [1.807, 2.05) is 50.5 Å². The Balaban J connectivity index is 0.00000364. The molecule has 146 valence electrons. The van der Waals surface area contributed by atoms with Crippen LogP contribution in [0, 0.1) is 5.92 Å². The van der Waals surface area contributed by atoms with Crippen molar-refractivity contribution >= 4 is 11.7 Å². The van der Waals surface area contributed by atoms with Crippen molar-refractivity contribution in [3.63, 3.8) is 0 Å². The molecular weight excluding hydrogens is 360 g/mol. The summed E-state index contributed by atoms with van der Waals surface area (Å²) >= 11 is 0. The van der Waals surface area contributed by atoms with Gasteiger partial charge in [0, 0.05) is 12.1 Å². The summed E-state index contributed by atoms with van der Waals surface area (Å²) < 4.78 is 0. The first-order valence-corrected chi connectivity index (χ1v) is 9.14. The minimum absolute atomic E-state index is 0. The largest absolute Gasteiger partial charge is 1.00 e. The third kappa shape index (κ3) is 7.94. The number of benzene rings is 2. The number of carbonyl (C=O) groups is 2. The molecule has 5 heteroatoms. The topological polar surface area (TPSA) is 41.8 Å². The number of ketones is 1. The molecule has 1 N–H and O–H groups in total. The summed E-state index contributed by atoms with van der Waals surface area (Å²) in [5.41, 5.74) is 1.90. The number of hydrogen-bond acceptors (Lipinski definition) is 2. The van der Waals surface area contributed by atoms with Gasteiger partial charge < -0.3 is 22.2 Å². The zero-order chi connectivity index (χ0) is 18.9. The van der Waals surface area contributed by atoms with Crippen LogP contribution in [0.2, 0.25) is 0 Å². The van der Waals surface area contributed by atoms with Crippen LogP contribution in [-0.4, -0.2) is 50.3 Å². The summed E-state index contributed by atoms with van der Waals surface area (Å²) in [5.74, 6) is 0.288. The van der Waals surface area contributed by atoms with Crippen LogP contribution in [-0.2, 0) is 11.2 Å². The molecule has 0 bridgehead atoms. The van der Waals surface area contributed by atoms with Crippen molar-refractivity contribution in [2.75, 3.05) is 33.7 Å². The second-order valence-corrected chi connectivity index (χ2v) is 7.24. The molecule has 0 fully saturated rings. The molecule has 2 aromatic carbocycles. The lowest BCUT2D eigenvalue weighted by atomic mass is 10.00. The predicted molar refractivity (Wildman–Crippen MR) is 104 cm³/mol. The molecule has 0 aromatic heterocycles. The summed E-state index contributed by atoms with van der Waals surface area (Å²) in [6, 6.07) is 19.4. The molecule has 0 saturated carbocycles. The Hall–Kier alpha value is -2.17. The number of Topliss-reactive ketones (excluding diaryl/α,β-unsaturated/α-hetero) is 1. The van der Waals surface area contributed by atoms with Gasteiger partial charge >= 0.3 is 0 Å². The Kier molecular flexibility index (Phi) is 9.76. The van der Waals surface area contributed by atoms with Crippen molar-refractivity contribution < 1.29 is 26.9 Å². The van der Waals surface area contributed by atoms with Gasteiger partial charge in [-0.3, -0.25) is 9.59 Å². The van der Waals surface area contributed by atoms with E-state index in [1.54, 1.807) is 17.0 Å². The Morgan fingerprint density at radius 2 is 1.52 bits per heavy atom. The second kappa shape index (κ2) is 11.5. The number of halogens is 1. The fourth-order valence-corrected chi connectivity index (χ4v) is 3.01. The number of quaternary nitrogens is 1. The third-order valence-corrected chi connectivity index (χ3v) is 4.25. The zero-order valence-electron chi connectivity index (χ0n) is 16.3. The molecule has 0 aliphatic carbocycles. The lowest BCUT2D eigenvalue weighted by Gasteiger charge is -2.26. The molecule has 1 atom stereocenters. The van der Waals surface area contributed by atoms with Crippen LogP contribution in [0.5, 0.6) is 0 Å². The molecular formula is C22H29ClN2O2. The first-order chi connectivity index (χ1) is 12.5. The predicted octanol–water partition coefficient (Wildman–Crippen LogP) is -1.27. The number of carbonyl (C=O) groups excluding carboxylic acids is 2. The number of likely N-dealkylation sites (N-methyl/N-ethyl adjacent to an activating group) is 1. The summed E-state index contributed by atoms with van der Waals surface area (Å²) in [6.07, 6.45) is 0.888. The molecule has 2 aromatic rings. The van der Waals surface area contributed by atoms with Gasteiger partial charge in [-0.1, -0.05) is 67.6 Å². The van der Waals surface area contributed by atoms with Crippen LogP contribution < -0.4 is 17.3 Å². The van der Waals surface area contributed by atoms with E-state index in [9.17, 15) is 9.59 Å². The molecule has 0 radical (unpaired) electrons. The van der Waals surface area contributed by atoms with Crippen molar-refractivity contribution in [1.29, 1.82) is 0 Å². The molecule has 1 amide bonds. The minimum atomic E-state index is -0.0142. The monoisotopic (exact) mass is 388 g/mol. The van der Waals surface area contributed by atoms with E-state index in [2.05, 4.69) is 19.1 Å². The Morgan fingerprint density at radius 3 is 2.07 bits per heavy atom. The minimum Gasteiger partial charge on any atom is -1.00 e. The molecule has 27 heavy (non-hydrogen) atoms. The van der Waals surface area contributed by atoms with Crippen LogP contribution in [0.25, 0.3) is 0 Å². The van der Waals surface area contributed by atoms with Gasteiger partial charge in [-0.2, -0.15) is 0 Å². The van der Waals surface area contributed by atoms with Gasteiger partial charge in [0.25, 0.3) is 5.91 Å². The molecule has 0 saturated heterocycles. The molecule has 4 nitrogen and oxygen atoms in total. The summed E-state index contributed by atoms with van der Waals surface area (Å²) in [6.45, 7) is 3.23. The maximum atomic E-state index is 12.7. The highest BCUT2D eigenvalue weighted by molar-refractivity contribution is 5.99. The van der Waals surface area contributed by atoms with E-state index in [0.717, 1.165) is 11.3 Å². The highest BCUT2D eigenvalue weighted by Gasteiger charge is 2.22. The van der Waals surface area contributed by atoms with E-state index >= 15 is 0 Å². The standard InChI is InChI=1S/C22H28N2O2.ClH/c1-18(14-19-10-6-4-7-11-19)15-24(22(26)17-23(2)3)16-21(25)20-12-8-5-9-13-20;/h4-13,18H,14-17H2,1-3H3;1H. The van der Waals surface area contributed by atoms with Crippen molar-refractivity contribution in [2.45, 2.75) is 13.3 Å². The second-order valence-electron chi connectivity index (χ2n) is 7.24. The van der Waals surface area contributed by atoms with E-state index in [0.29, 0.717) is 18.7 Å². The molecule has 0 spiro atoms. The fraction of sp³-hybridized carbons (Fsp3) is 0.364. The van der Waals surface area contributed by atoms with Crippen molar-refractivity contribution in [2.24, 2.45) is 5.92 Å². The van der Waals surface area contributed by atoms with Gasteiger partial charge in [-0.15, -0.1) is 0 Å². The van der Waals surface area contributed by atoms with Crippen LogP contribution in [0.15, 0.2) is 60.7 Å². The Morgan fingerprint density at radius 1 is 0.963 bits per heavy atom.